The molecule has 2 rings (SSSR count). The lowest BCUT2D eigenvalue weighted by Gasteiger charge is -2.15. The molecule has 2 aromatic carbocycles. The lowest BCUT2D eigenvalue weighted by Crippen LogP contribution is -2.31. The number of nitrogens with zero attached hydrogens (tertiary/aromatic N) is 1. The van der Waals surface area contributed by atoms with Gasteiger partial charge in [-0.3, -0.25) is 14.9 Å². The number of carbonyl (C=O) groups excluding carboxylic acids is 1. The number of nitro benzene ring substituents is 1. The predicted octanol–water partition coefficient (Wildman–Crippen LogP) is 4.05. The van der Waals surface area contributed by atoms with E-state index < -0.39 is 4.92 Å². The number of carbonyl (C=O) groups is 1. The Bertz CT molecular complexity index is 757. The van der Waals surface area contributed by atoms with E-state index in [0.29, 0.717) is 5.92 Å². The highest BCUT2D eigenvalue weighted by Crippen LogP contribution is 2.25. The van der Waals surface area contributed by atoms with Gasteiger partial charge in [0.15, 0.2) is 12.4 Å². The molecule has 0 fully saturated rings. The Hall–Kier alpha value is -2.89. The van der Waals surface area contributed by atoms with Gasteiger partial charge in [-0.2, -0.15) is 0 Å². The van der Waals surface area contributed by atoms with Gasteiger partial charge in [0.05, 0.1) is 11.0 Å². The van der Waals surface area contributed by atoms with E-state index in [4.69, 9.17) is 4.74 Å². The molecule has 26 heavy (non-hydrogen) atoms. The van der Waals surface area contributed by atoms with Crippen molar-refractivity contribution in [1.82, 2.24) is 5.32 Å². The first kappa shape index (κ1) is 19.4. The summed E-state index contributed by atoms with van der Waals surface area (Å²) in [5.41, 5.74) is 2.10. The van der Waals surface area contributed by atoms with Crippen LogP contribution in [0.3, 0.4) is 0 Å². The molecule has 0 heterocycles. The van der Waals surface area contributed by atoms with Crippen molar-refractivity contribution in [3.63, 3.8) is 0 Å². The molecule has 0 saturated carbocycles. The molecule has 0 bridgehead atoms. The van der Waals surface area contributed by atoms with Crippen molar-refractivity contribution in [2.45, 2.75) is 33.2 Å². The summed E-state index contributed by atoms with van der Waals surface area (Å²) >= 11 is 0. The normalized spacial score (nSPS) is 11.8. The largest absolute Gasteiger partial charge is 0.477 e. The highest BCUT2D eigenvalue weighted by atomic mass is 16.6. The molecule has 0 aromatic heterocycles. The van der Waals surface area contributed by atoms with E-state index in [1.54, 1.807) is 12.1 Å². The van der Waals surface area contributed by atoms with Crippen molar-refractivity contribution in [3.8, 4) is 5.75 Å². The highest BCUT2D eigenvalue weighted by molar-refractivity contribution is 5.78. The van der Waals surface area contributed by atoms with Crippen LogP contribution in [0.4, 0.5) is 5.69 Å². The van der Waals surface area contributed by atoms with E-state index in [2.05, 4.69) is 31.3 Å². The van der Waals surface area contributed by atoms with Crippen LogP contribution in [0, 0.1) is 16.0 Å². The van der Waals surface area contributed by atoms with Crippen LogP contribution < -0.4 is 10.1 Å². The van der Waals surface area contributed by atoms with E-state index in [-0.39, 0.29) is 30.0 Å². The SMILES string of the molecule is CC(C)Cc1ccc([C@H](C)NC(=O)COc2ccccc2[N+](=O)[O-])cc1. The number of amides is 1. The number of ether oxygens (including phenoxy) is 1. The van der Waals surface area contributed by atoms with E-state index in [1.807, 2.05) is 19.1 Å². The number of hydrogen-bond donors (Lipinski definition) is 1. The number of rotatable bonds is 8. The smallest absolute Gasteiger partial charge is 0.310 e. The standard InChI is InChI=1S/C20H24N2O4/c1-14(2)12-16-8-10-17(11-9-16)15(3)21-20(23)13-26-19-7-5-4-6-18(19)22(24)25/h4-11,14-15H,12-13H2,1-3H3,(H,21,23)/t15-/m0/s1. The zero-order chi connectivity index (χ0) is 19.1. The molecular formula is C20H24N2O4. The fraction of sp³-hybridized carbons (Fsp3) is 0.350. The Balaban J connectivity index is 1.90. The maximum atomic E-state index is 12.1. The molecule has 0 aliphatic rings. The summed E-state index contributed by atoms with van der Waals surface area (Å²) in [5.74, 6) is 0.345. The van der Waals surface area contributed by atoms with Crippen LogP contribution in [0.1, 0.15) is 37.9 Å². The third-order valence-electron chi connectivity index (χ3n) is 3.92. The summed E-state index contributed by atoms with van der Waals surface area (Å²) in [6.45, 7) is 5.96. The highest BCUT2D eigenvalue weighted by Gasteiger charge is 2.16. The second-order valence-corrected chi connectivity index (χ2v) is 6.64. The first-order valence-electron chi connectivity index (χ1n) is 8.61. The molecule has 1 N–H and O–H groups in total. The zero-order valence-electron chi connectivity index (χ0n) is 15.3. The Kier molecular flexibility index (Phi) is 6.72. The summed E-state index contributed by atoms with van der Waals surface area (Å²) in [7, 11) is 0. The van der Waals surface area contributed by atoms with E-state index in [9.17, 15) is 14.9 Å². The molecule has 0 unspecified atom stereocenters. The Morgan fingerprint density at radius 2 is 1.77 bits per heavy atom. The number of nitrogens with one attached hydrogen (secondary N) is 1. The molecule has 1 atom stereocenters. The fourth-order valence-corrected chi connectivity index (χ4v) is 2.65. The van der Waals surface area contributed by atoms with Crippen LogP contribution in [-0.2, 0) is 11.2 Å². The number of nitro groups is 1. The third-order valence-corrected chi connectivity index (χ3v) is 3.92. The summed E-state index contributed by atoms with van der Waals surface area (Å²) in [4.78, 5) is 22.5. The average Bonchev–Trinajstić information content (AvgIpc) is 2.60. The molecule has 0 spiro atoms. The van der Waals surface area contributed by atoms with Crippen molar-refractivity contribution in [3.05, 3.63) is 69.8 Å². The maximum absolute atomic E-state index is 12.1. The predicted molar refractivity (Wildman–Crippen MR) is 100 cm³/mol. The Morgan fingerprint density at radius 3 is 2.38 bits per heavy atom. The third kappa shape index (κ3) is 5.58. The Labute approximate surface area is 153 Å². The van der Waals surface area contributed by atoms with Crippen LogP contribution in [0.5, 0.6) is 5.75 Å². The van der Waals surface area contributed by atoms with Crippen molar-refractivity contribution < 1.29 is 14.5 Å². The maximum Gasteiger partial charge on any atom is 0.310 e. The minimum atomic E-state index is -0.533. The van der Waals surface area contributed by atoms with Gasteiger partial charge in [-0.1, -0.05) is 50.2 Å². The minimum absolute atomic E-state index is 0.0818. The summed E-state index contributed by atoms with van der Waals surface area (Å²) in [6.07, 6.45) is 1.02. The van der Waals surface area contributed by atoms with Crippen LogP contribution in [0.15, 0.2) is 48.5 Å². The molecule has 6 heteroatoms. The fourth-order valence-electron chi connectivity index (χ4n) is 2.65. The molecule has 6 nitrogen and oxygen atoms in total. The molecule has 138 valence electrons. The van der Waals surface area contributed by atoms with Crippen molar-refractivity contribution in [2.24, 2.45) is 5.92 Å². The monoisotopic (exact) mass is 356 g/mol. The minimum Gasteiger partial charge on any atom is -0.477 e. The molecular weight excluding hydrogens is 332 g/mol. The molecule has 0 aliphatic carbocycles. The van der Waals surface area contributed by atoms with Gasteiger partial charge < -0.3 is 10.1 Å². The number of hydrogen-bond acceptors (Lipinski definition) is 4. The summed E-state index contributed by atoms with van der Waals surface area (Å²) in [5, 5.41) is 13.8. The summed E-state index contributed by atoms with van der Waals surface area (Å²) < 4.78 is 5.31. The van der Waals surface area contributed by atoms with E-state index in [0.717, 1.165) is 12.0 Å². The topological polar surface area (TPSA) is 81.5 Å². The number of benzene rings is 2. The number of para-hydroxylation sites is 2. The van der Waals surface area contributed by atoms with Gasteiger partial charge in [-0.15, -0.1) is 0 Å². The quantitative estimate of drug-likeness (QED) is 0.571. The molecule has 0 radical (unpaired) electrons. The van der Waals surface area contributed by atoms with Crippen LogP contribution in [0.25, 0.3) is 0 Å². The van der Waals surface area contributed by atoms with Gasteiger partial charge in [0.1, 0.15) is 0 Å². The van der Waals surface area contributed by atoms with Gasteiger partial charge in [0, 0.05) is 6.07 Å². The van der Waals surface area contributed by atoms with Gasteiger partial charge >= 0.3 is 5.69 Å². The molecule has 0 aliphatic heterocycles. The molecule has 2 aromatic rings. The summed E-state index contributed by atoms with van der Waals surface area (Å²) in [6, 6.07) is 14.0. The van der Waals surface area contributed by atoms with Crippen molar-refractivity contribution >= 4 is 11.6 Å². The van der Waals surface area contributed by atoms with Gasteiger partial charge in [-0.25, -0.2) is 0 Å². The van der Waals surface area contributed by atoms with E-state index >= 15 is 0 Å². The lowest BCUT2D eigenvalue weighted by atomic mass is 10.00. The van der Waals surface area contributed by atoms with Gasteiger partial charge in [0.25, 0.3) is 5.91 Å². The second kappa shape index (κ2) is 8.99. The molecule has 0 saturated heterocycles. The Morgan fingerprint density at radius 1 is 1.12 bits per heavy atom. The van der Waals surface area contributed by atoms with Crippen LogP contribution in [-0.4, -0.2) is 17.4 Å². The van der Waals surface area contributed by atoms with Crippen molar-refractivity contribution in [1.29, 1.82) is 0 Å². The first-order valence-corrected chi connectivity index (χ1v) is 8.61. The van der Waals surface area contributed by atoms with Gasteiger partial charge in [0.2, 0.25) is 0 Å². The van der Waals surface area contributed by atoms with Gasteiger partial charge in [-0.05, 0) is 36.5 Å². The van der Waals surface area contributed by atoms with Crippen LogP contribution >= 0.6 is 0 Å². The molecule has 1 amide bonds. The van der Waals surface area contributed by atoms with Crippen LogP contribution in [0.2, 0.25) is 0 Å². The average molecular weight is 356 g/mol. The second-order valence-electron chi connectivity index (χ2n) is 6.64. The van der Waals surface area contributed by atoms with E-state index in [1.165, 1.54) is 17.7 Å². The zero-order valence-corrected chi connectivity index (χ0v) is 15.3. The first-order chi connectivity index (χ1) is 12.4. The van der Waals surface area contributed by atoms with Crippen molar-refractivity contribution in [2.75, 3.05) is 6.61 Å². The lowest BCUT2D eigenvalue weighted by molar-refractivity contribution is -0.385.